The summed E-state index contributed by atoms with van der Waals surface area (Å²) in [6.07, 6.45) is -0.744. The van der Waals surface area contributed by atoms with Crippen LogP contribution >= 0.6 is 0 Å². The fourth-order valence-electron chi connectivity index (χ4n) is 3.48. The number of methoxy groups -OCH3 is 1. The van der Waals surface area contributed by atoms with Gasteiger partial charge < -0.3 is 36.5 Å². The van der Waals surface area contributed by atoms with Gasteiger partial charge in [0.05, 0.1) is 13.5 Å². The maximum Gasteiger partial charge on any atom is 0.408 e. The zero-order valence-electron chi connectivity index (χ0n) is 24.9. The third-order valence-corrected chi connectivity index (χ3v) is 5.68. The van der Waals surface area contributed by atoms with Gasteiger partial charge in [-0.25, -0.2) is 9.59 Å². The van der Waals surface area contributed by atoms with E-state index in [-0.39, 0.29) is 18.3 Å². The summed E-state index contributed by atoms with van der Waals surface area (Å²) in [6, 6.07) is -3.53. The maximum atomic E-state index is 13.4. The first-order valence-electron chi connectivity index (χ1n) is 13.0. The van der Waals surface area contributed by atoms with Crippen molar-refractivity contribution in [2.75, 3.05) is 7.11 Å². The fourth-order valence-corrected chi connectivity index (χ4v) is 3.48. The van der Waals surface area contributed by atoms with Crippen molar-refractivity contribution in [1.29, 1.82) is 0 Å². The molecule has 0 spiro atoms. The molecular weight excluding hydrogens is 510 g/mol. The van der Waals surface area contributed by atoms with Gasteiger partial charge in [-0.1, -0.05) is 34.1 Å². The van der Waals surface area contributed by atoms with Crippen LogP contribution in [0.2, 0.25) is 0 Å². The molecule has 0 saturated heterocycles. The van der Waals surface area contributed by atoms with Gasteiger partial charge in [-0.2, -0.15) is 0 Å². The van der Waals surface area contributed by atoms with Crippen molar-refractivity contribution in [3.05, 3.63) is 0 Å². The second kappa shape index (κ2) is 15.3. The molecule has 13 heteroatoms. The van der Waals surface area contributed by atoms with E-state index in [1.54, 1.807) is 27.7 Å². The van der Waals surface area contributed by atoms with Crippen LogP contribution in [0.4, 0.5) is 4.79 Å². The predicted octanol–water partition coefficient (Wildman–Crippen LogP) is 0.885. The van der Waals surface area contributed by atoms with Crippen LogP contribution in [-0.2, 0) is 33.4 Å². The highest BCUT2D eigenvalue weighted by molar-refractivity contribution is 5.96. The van der Waals surface area contributed by atoms with Crippen LogP contribution in [0.5, 0.6) is 0 Å². The lowest BCUT2D eigenvalue weighted by Gasteiger charge is -2.31. The number of ether oxygens (including phenoxy) is 2. The average molecular weight is 558 g/mol. The third-order valence-electron chi connectivity index (χ3n) is 5.68. The number of hydrogen-bond acceptors (Lipinski definition) is 8. The minimum atomic E-state index is -1.39. The molecule has 0 bridgehead atoms. The van der Waals surface area contributed by atoms with Gasteiger partial charge in [0.2, 0.25) is 23.6 Å². The molecule has 4 atom stereocenters. The highest BCUT2D eigenvalue weighted by atomic mass is 16.6. The summed E-state index contributed by atoms with van der Waals surface area (Å²) in [7, 11) is 1.20. The number of rotatable bonds is 14. The van der Waals surface area contributed by atoms with Crippen molar-refractivity contribution >= 4 is 35.7 Å². The number of primary amides is 1. The molecule has 0 unspecified atom stereocenters. The molecule has 0 aliphatic heterocycles. The van der Waals surface area contributed by atoms with Gasteiger partial charge in [0.1, 0.15) is 29.3 Å². The molecule has 224 valence electrons. The van der Waals surface area contributed by atoms with E-state index in [0.29, 0.717) is 6.42 Å². The van der Waals surface area contributed by atoms with Crippen molar-refractivity contribution in [2.24, 2.45) is 17.6 Å². The largest absolute Gasteiger partial charge is 0.467 e. The molecule has 5 amide bonds. The van der Waals surface area contributed by atoms with Crippen LogP contribution in [0.15, 0.2) is 0 Å². The molecule has 13 nitrogen and oxygen atoms in total. The lowest BCUT2D eigenvalue weighted by Crippen LogP contribution is -2.61. The molecule has 0 aromatic carbocycles. The molecule has 0 aromatic heterocycles. The van der Waals surface area contributed by atoms with E-state index in [0.717, 1.165) is 0 Å². The third kappa shape index (κ3) is 13.3. The van der Waals surface area contributed by atoms with Gasteiger partial charge in [-0.05, 0) is 52.9 Å². The quantitative estimate of drug-likeness (QED) is 0.194. The molecular formula is C26H47N5O8. The van der Waals surface area contributed by atoms with Crippen molar-refractivity contribution in [3.63, 3.8) is 0 Å². The van der Waals surface area contributed by atoms with Crippen LogP contribution in [0.25, 0.3) is 0 Å². The maximum absolute atomic E-state index is 13.4. The van der Waals surface area contributed by atoms with Crippen LogP contribution in [-0.4, -0.2) is 72.1 Å². The second-order valence-electron chi connectivity index (χ2n) is 11.5. The summed E-state index contributed by atoms with van der Waals surface area (Å²) in [4.78, 5) is 75.4. The summed E-state index contributed by atoms with van der Waals surface area (Å²) in [6.45, 7) is 15.1. The number of amides is 5. The Hall–Kier alpha value is -3.38. The minimum absolute atomic E-state index is 0.0522. The highest BCUT2D eigenvalue weighted by Gasteiger charge is 2.37. The van der Waals surface area contributed by atoms with Crippen molar-refractivity contribution in [2.45, 2.75) is 111 Å². The Labute approximate surface area is 231 Å². The Bertz CT molecular complexity index is 897. The van der Waals surface area contributed by atoms with Gasteiger partial charge in [0, 0.05) is 0 Å². The second-order valence-corrected chi connectivity index (χ2v) is 11.5. The topological polar surface area (TPSA) is 195 Å². The van der Waals surface area contributed by atoms with Crippen LogP contribution < -0.4 is 27.0 Å². The number of esters is 1. The molecule has 0 aliphatic carbocycles. The predicted molar refractivity (Wildman–Crippen MR) is 144 cm³/mol. The lowest BCUT2D eigenvalue weighted by atomic mass is 9.95. The monoisotopic (exact) mass is 557 g/mol. The number of carbonyl (C=O) groups excluding carboxylic acids is 6. The minimum Gasteiger partial charge on any atom is -0.467 e. The Balaban J connectivity index is 5.89. The summed E-state index contributed by atoms with van der Waals surface area (Å²) in [5.74, 6) is -3.95. The number of hydrogen-bond donors (Lipinski definition) is 5. The van der Waals surface area contributed by atoms with Crippen molar-refractivity contribution in [1.82, 2.24) is 21.3 Å². The van der Waals surface area contributed by atoms with Crippen LogP contribution in [0.3, 0.4) is 0 Å². The normalized spacial score (nSPS) is 14.7. The molecule has 0 fully saturated rings. The summed E-state index contributed by atoms with van der Waals surface area (Å²) >= 11 is 0. The molecule has 0 aromatic rings. The molecule has 39 heavy (non-hydrogen) atoms. The first-order valence-corrected chi connectivity index (χ1v) is 13.0. The lowest BCUT2D eigenvalue weighted by molar-refractivity contribution is -0.150. The number of alkyl carbamates (subject to hydrolysis) is 1. The van der Waals surface area contributed by atoms with E-state index in [1.807, 2.05) is 20.8 Å². The summed E-state index contributed by atoms with van der Waals surface area (Å²) in [5, 5.41) is 10.2. The van der Waals surface area contributed by atoms with Gasteiger partial charge in [-0.3, -0.25) is 19.2 Å². The highest BCUT2D eigenvalue weighted by Crippen LogP contribution is 2.14. The van der Waals surface area contributed by atoms with E-state index < -0.39 is 71.4 Å². The fraction of sp³-hybridized carbons (Fsp3) is 0.769. The zero-order valence-corrected chi connectivity index (χ0v) is 24.9. The van der Waals surface area contributed by atoms with Gasteiger partial charge in [0.15, 0.2) is 0 Å². The smallest absolute Gasteiger partial charge is 0.408 e. The molecule has 0 saturated carbocycles. The number of carbonyl (C=O) groups is 6. The summed E-state index contributed by atoms with van der Waals surface area (Å²) in [5.41, 5.74) is 3.07. The Morgan fingerprint density at radius 3 is 1.79 bits per heavy atom. The van der Waals surface area contributed by atoms with Crippen LogP contribution in [0, 0.1) is 11.8 Å². The summed E-state index contributed by atoms with van der Waals surface area (Å²) < 4.78 is 9.89. The average Bonchev–Trinajstić information content (AvgIpc) is 2.77. The van der Waals surface area contributed by atoms with E-state index in [2.05, 4.69) is 21.3 Å². The SMILES string of the molecule is CC[C@H](C)[C@H](NC(=O)[C@H](CC(C)C)NC(=O)[C@H](CC(N)=O)NC(=O)OC(C)(C)C)C(=O)NC(C)(C)C(=O)OC. The van der Waals surface area contributed by atoms with E-state index in [1.165, 1.54) is 21.0 Å². The van der Waals surface area contributed by atoms with Gasteiger partial charge in [0.25, 0.3) is 0 Å². The molecule has 0 rings (SSSR count). The number of nitrogens with one attached hydrogen (secondary N) is 4. The standard InChI is InChI=1S/C26H47N5O8/c1-11-15(4)19(22(35)31-26(8,9)23(36)38-10)30-21(34)16(12-14(2)3)28-20(33)17(13-18(27)32)29-24(37)39-25(5,6)7/h14-17,19H,11-13H2,1-10H3,(H2,27,32)(H,28,33)(H,29,37)(H,30,34)(H,31,35)/t15-,16-,17-,19-/m0/s1. The van der Waals surface area contributed by atoms with E-state index >= 15 is 0 Å². The van der Waals surface area contributed by atoms with E-state index in [4.69, 9.17) is 15.2 Å². The van der Waals surface area contributed by atoms with Gasteiger partial charge >= 0.3 is 12.1 Å². The Morgan fingerprint density at radius 1 is 0.821 bits per heavy atom. The Morgan fingerprint density at radius 2 is 1.36 bits per heavy atom. The first-order chi connectivity index (χ1) is 17.7. The molecule has 0 radical (unpaired) electrons. The van der Waals surface area contributed by atoms with Gasteiger partial charge in [-0.15, -0.1) is 0 Å². The van der Waals surface area contributed by atoms with E-state index in [9.17, 15) is 28.8 Å². The molecule has 6 N–H and O–H groups in total. The Kier molecular flexibility index (Phi) is 13.9. The van der Waals surface area contributed by atoms with Crippen LogP contribution in [0.1, 0.15) is 81.6 Å². The zero-order chi connectivity index (χ0) is 30.7. The molecule has 0 heterocycles. The van der Waals surface area contributed by atoms with Crippen molar-refractivity contribution < 1.29 is 38.2 Å². The van der Waals surface area contributed by atoms with Crippen molar-refractivity contribution in [3.8, 4) is 0 Å². The number of nitrogens with two attached hydrogens (primary N) is 1. The molecule has 0 aliphatic rings. The first kappa shape index (κ1) is 35.6.